The molecule has 2 aliphatic heterocycles. The fraction of sp³-hybridized carbons (Fsp3) is 0.500. The topological polar surface area (TPSA) is 77.9 Å². The molecular formula is C18H23ClN2O4. The Morgan fingerprint density at radius 3 is 2.28 bits per heavy atom. The van der Waals surface area contributed by atoms with E-state index < -0.39 is 17.8 Å². The average Bonchev–Trinajstić information content (AvgIpc) is 3.12. The van der Waals surface area contributed by atoms with Crippen molar-refractivity contribution in [1.82, 2.24) is 4.90 Å². The number of amides is 2. The first-order valence-electron chi connectivity index (χ1n) is 8.28. The number of carboxylic acids is 1. The summed E-state index contributed by atoms with van der Waals surface area (Å²) in [6.45, 7) is 5.12. The number of rotatable bonds is 3. The van der Waals surface area contributed by atoms with E-state index in [2.05, 4.69) is 0 Å². The minimum atomic E-state index is -0.875. The van der Waals surface area contributed by atoms with Gasteiger partial charge in [-0.05, 0) is 49.9 Å². The van der Waals surface area contributed by atoms with Crippen LogP contribution in [0, 0.1) is 25.7 Å². The molecule has 1 aromatic carbocycles. The fourth-order valence-electron chi connectivity index (χ4n) is 3.65. The number of carbonyl (C=O) groups excluding carboxylic acids is 2. The van der Waals surface area contributed by atoms with Gasteiger partial charge in [-0.1, -0.05) is 6.07 Å². The van der Waals surface area contributed by atoms with Crippen LogP contribution in [0.25, 0.3) is 0 Å². The van der Waals surface area contributed by atoms with E-state index in [0.717, 1.165) is 16.8 Å². The van der Waals surface area contributed by atoms with E-state index in [0.29, 0.717) is 25.9 Å². The van der Waals surface area contributed by atoms with Crippen LogP contribution in [0.2, 0.25) is 0 Å². The lowest BCUT2D eigenvalue weighted by atomic mass is 10.1. The number of hydrogen-bond acceptors (Lipinski definition) is 3. The molecule has 2 fully saturated rings. The molecule has 2 amide bonds. The molecule has 2 unspecified atom stereocenters. The summed E-state index contributed by atoms with van der Waals surface area (Å²) >= 11 is 0. The second-order valence-electron chi connectivity index (χ2n) is 6.79. The highest BCUT2D eigenvalue weighted by Gasteiger charge is 2.42. The van der Waals surface area contributed by atoms with Crippen LogP contribution in [0.4, 0.5) is 5.69 Å². The largest absolute Gasteiger partial charge is 0.481 e. The Labute approximate surface area is 153 Å². The third-order valence-corrected chi connectivity index (χ3v) is 4.87. The third kappa shape index (κ3) is 3.79. The number of nitrogens with zero attached hydrogens (tertiary/aromatic N) is 2. The number of aliphatic carboxylic acids is 1. The molecule has 7 heteroatoms. The fourth-order valence-corrected chi connectivity index (χ4v) is 3.65. The van der Waals surface area contributed by atoms with E-state index in [4.69, 9.17) is 5.11 Å². The Bertz CT molecular complexity index is 686. The Morgan fingerprint density at radius 2 is 1.72 bits per heavy atom. The number of carboxylic acid groups (broad SMARTS) is 1. The molecule has 0 aliphatic carbocycles. The molecular weight excluding hydrogens is 344 g/mol. The summed E-state index contributed by atoms with van der Waals surface area (Å²) < 4.78 is 0. The quantitative estimate of drug-likeness (QED) is 0.830. The molecule has 2 atom stereocenters. The molecule has 25 heavy (non-hydrogen) atoms. The van der Waals surface area contributed by atoms with Crippen molar-refractivity contribution in [3.8, 4) is 0 Å². The van der Waals surface area contributed by atoms with Gasteiger partial charge >= 0.3 is 5.97 Å². The van der Waals surface area contributed by atoms with Crippen molar-refractivity contribution in [3.63, 3.8) is 0 Å². The minimum absolute atomic E-state index is 0. The molecule has 0 spiro atoms. The monoisotopic (exact) mass is 366 g/mol. The van der Waals surface area contributed by atoms with Crippen LogP contribution in [0.15, 0.2) is 18.2 Å². The van der Waals surface area contributed by atoms with Crippen molar-refractivity contribution < 1.29 is 19.5 Å². The lowest BCUT2D eigenvalue weighted by Crippen LogP contribution is -2.39. The lowest BCUT2D eigenvalue weighted by Gasteiger charge is -2.21. The number of aryl methyl sites for hydroxylation is 2. The zero-order valence-corrected chi connectivity index (χ0v) is 15.2. The summed E-state index contributed by atoms with van der Waals surface area (Å²) in [5.41, 5.74) is 2.99. The predicted octanol–water partition coefficient (Wildman–Crippen LogP) is 2.01. The van der Waals surface area contributed by atoms with E-state index >= 15 is 0 Å². The number of benzene rings is 1. The highest BCUT2D eigenvalue weighted by atomic mass is 35.5. The number of halogens is 1. The van der Waals surface area contributed by atoms with Gasteiger partial charge in [-0.15, -0.1) is 12.4 Å². The van der Waals surface area contributed by atoms with Gasteiger partial charge in [0.05, 0.1) is 5.92 Å². The van der Waals surface area contributed by atoms with Crippen molar-refractivity contribution >= 4 is 35.9 Å². The van der Waals surface area contributed by atoms with E-state index in [9.17, 15) is 14.4 Å². The maximum absolute atomic E-state index is 12.7. The number of likely N-dealkylation sites (tertiary alicyclic amines) is 1. The van der Waals surface area contributed by atoms with Gasteiger partial charge in [0, 0.05) is 25.3 Å². The Balaban J connectivity index is 0.00000225. The summed E-state index contributed by atoms with van der Waals surface area (Å²) in [5.74, 6) is -2.47. The molecule has 0 saturated carbocycles. The summed E-state index contributed by atoms with van der Waals surface area (Å²) in [7, 11) is 0. The Morgan fingerprint density at radius 1 is 1.08 bits per heavy atom. The highest BCUT2D eigenvalue weighted by Crippen LogP contribution is 2.29. The third-order valence-electron chi connectivity index (χ3n) is 4.87. The van der Waals surface area contributed by atoms with Crippen LogP contribution in [-0.2, 0) is 14.4 Å². The number of hydrogen-bond donors (Lipinski definition) is 1. The second kappa shape index (κ2) is 7.44. The van der Waals surface area contributed by atoms with Crippen molar-refractivity contribution in [2.45, 2.75) is 26.7 Å². The molecule has 136 valence electrons. The number of carbonyl (C=O) groups is 3. The van der Waals surface area contributed by atoms with Crippen LogP contribution < -0.4 is 4.90 Å². The zero-order chi connectivity index (χ0) is 17.4. The summed E-state index contributed by atoms with van der Waals surface area (Å²) in [6, 6.07) is 5.95. The molecule has 0 radical (unpaired) electrons. The average molecular weight is 367 g/mol. The van der Waals surface area contributed by atoms with Gasteiger partial charge < -0.3 is 14.9 Å². The van der Waals surface area contributed by atoms with Crippen LogP contribution in [0.5, 0.6) is 0 Å². The highest BCUT2D eigenvalue weighted by molar-refractivity contribution is 6.09. The first kappa shape index (κ1) is 19.2. The van der Waals surface area contributed by atoms with Gasteiger partial charge in [0.2, 0.25) is 11.8 Å². The summed E-state index contributed by atoms with van der Waals surface area (Å²) in [6.07, 6.45) is 0.946. The van der Waals surface area contributed by atoms with Crippen LogP contribution in [0.3, 0.4) is 0 Å². The smallest absolute Gasteiger partial charge is 0.308 e. The van der Waals surface area contributed by atoms with Crippen LogP contribution in [-0.4, -0.2) is 47.4 Å². The van der Waals surface area contributed by atoms with Gasteiger partial charge in [-0.2, -0.15) is 0 Å². The van der Waals surface area contributed by atoms with E-state index in [-0.39, 0.29) is 30.8 Å². The predicted molar refractivity (Wildman–Crippen MR) is 95.9 cm³/mol. The van der Waals surface area contributed by atoms with Crippen molar-refractivity contribution in [3.05, 3.63) is 29.3 Å². The van der Waals surface area contributed by atoms with Crippen molar-refractivity contribution in [2.75, 3.05) is 24.5 Å². The number of anilines is 1. The first-order chi connectivity index (χ1) is 11.4. The van der Waals surface area contributed by atoms with Crippen LogP contribution in [0.1, 0.15) is 24.0 Å². The summed E-state index contributed by atoms with van der Waals surface area (Å²) in [4.78, 5) is 39.6. The van der Waals surface area contributed by atoms with Gasteiger partial charge in [0.1, 0.15) is 5.92 Å². The molecule has 1 N–H and O–H groups in total. The lowest BCUT2D eigenvalue weighted by molar-refractivity contribution is -0.142. The molecule has 1 aromatic rings. The van der Waals surface area contributed by atoms with Crippen LogP contribution >= 0.6 is 12.4 Å². The molecule has 0 aromatic heterocycles. The van der Waals surface area contributed by atoms with E-state index in [1.54, 1.807) is 4.90 Å². The Hall–Kier alpha value is -2.08. The van der Waals surface area contributed by atoms with E-state index in [1.165, 1.54) is 4.90 Å². The summed E-state index contributed by atoms with van der Waals surface area (Å²) in [5, 5.41) is 9.06. The first-order valence-corrected chi connectivity index (χ1v) is 8.28. The molecule has 2 heterocycles. The molecule has 2 saturated heterocycles. The van der Waals surface area contributed by atoms with Gasteiger partial charge in [0.25, 0.3) is 0 Å². The Kier molecular flexibility index (Phi) is 5.72. The minimum Gasteiger partial charge on any atom is -0.481 e. The second-order valence-corrected chi connectivity index (χ2v) is 6.79. The van der Waals surface area contributed by atoms with Gasteiger partial charge in [-0.25, -0.2) is 0 Å². The van der Waals surface area contributed by atoms with Crippen molar-refractivity contribution in [1.29, 1.82) is 0 Å². The van der Waals surface area contributed by atoms with Gasteiger partial charge in [0.15, 0.2) is 0 Å². The van der Waals surface area contributed by atoms with Gasteiger partial charge in [-0.3, -0.25) is 14.4 Å². The normalized spacial score (nSPS) is 22.9. The molecule has 6 nitrogen and oxygen atoms in total. The zero-order valence-electron chi connectivity index (χ0n) is 14.4. The maximum atomic E-state index is 12.7. The molecule has 3 rings (SSSR count). The molecule has 2 aliphatic rings. The molecule has 0 bridgehead atoms. The van der Waals surface area contributed by atoms with E-state index in [1.807, 2.05) is 32.0 Å². The SMILES string of the molecule is Cc1cc(C)cc(N2CCC(C(=O)N3CCC(C(=O)O)C3)C2=O)c1.Cl. The maximum Gasteiger partial charge on any atom is 0.308 e. The van der Waals surface area contributed by atoms with Crippen molar-refractivity contribution in [2.24, 2.45) is 11.8 Å². The standard InChI is InChI=1S/C18H22N2O4.ClH/c1-11-7-12(2)9-14(8-11)20-6-4-15(17(20)22)16(21)19-5-3-13(10-19)18(23)24;/h7-9,13,15H,3-6,10H2,1-2H3,(H,23,24);1H.